The number of anilines is 1. The molecule has 0 bridgehead atoms. The van der Waals surface area contributed by atoms with Gasteiger partial charge in [-0.05, 0) is 81.4 Å². The number of nitrogens with one attached hydrogen (secondary N) is 2. The lowest BCUT2D eigenvalue weighted by Crippen LogP contribution is -2.36. The van der Waals surface area contributed by atoms with Crippen LogP contribution in [0.25, 0.3) is 22.0 Å². The normalized spacial score (nSPS) is 14.4. The number of piperidine rings is 1. The number of amides is 1. The van der Waals surface area contributed by atoms with Gasteiger partial charge in [0.1, 0.15) is 0 Å². The van der Waals surface area contributed by atoms with E-state index < -0.39 is 10.1 Å². The van der Waals surface area contributed by atoms with Gasteiger partial charge < -0.3 is 10.2 Å². The number of nitrogens with zero attached hydrogens (tertiary/aromatic N) is 3. The van der Waals surface area contributed by atoms with Crippen LogP contribution in [0.15, 0.2) is 71.6 Å². The maximum atomic E-state index is 12.6. The molecule has 0 saturated carbocycles. The molecule has 5 rings (SSSR count). The zero-order valence-corrected chi connectivity index (χ0v) is 22.0. The molecule has 2 heterocycles. The molecule has 0 unspecified atom stereocenters. The third-order valence-electron chi connectivity index (χ3n) is 6.57. The fourth-order valence-corrected chi connectivity index (χ4v) is 4.79. The molecule has 0 atom stereocenters. The molecule has 38 heavy (non-hydrogen) atoms. The van der Waals surface area contributed by atoms with Crippen molar-refractivity contribution in [2.24, 2.45) is 5.92 Å². The molecule has 3 aromatic carbocycles. The number of likely N-dealkylation sites (tertiary alicyclic amines) is 1. The molecule has 0 spiro atoms. The summed E-state index contributed by atoms with van der Waals surface area (Å²) in [4.78, 5) is 14.8. The third-order valence-corrected chi connectivity index (χ3v) is 7.44. The van der Waals surface area contributed by atoms with E-state index in [1.165, 1.54) is 12.1 Å². The van der Waals surface area contributed by atoms with Crippen LogP contribution in [-0.2, 0) is 14.9 Å². The zero-order valence-electron chi connectivity index (χ0n) is 21.2. The smallest absolute Gasteiger partial charge is 0.294 e. The van der Waals surface area contributed by atoms with Gasteiger partial charge in [-0.1, -0.05) is 42.0 Å². The van der Waals surface area contributed by atoms with Gasteiger partial charge in [-0.2, -0.15) is 18.8 Å². The van der Waals surface area contributed by atoms with Gasteiger partial charge in [0, 0.05) is 11.3 Å². The summed E-state index contributed by atoms with van der Waals surface area (Å²) >= 11 is 0. The standard InChI is InChI=1S/C21H21N5O.C7H8O3S/c1-26-10-8-14(9-11-26)21(27)23-20-18-12-15(6-7-19(18)24-25-20)17-5-3-2-4-16(17)13-22;1-6-2-4-7(5-3-6)11(8,9)10/h2-7,12,14H,8-11H2,1H3,(H2,23,24,25,27);2-5H,1H3,(H,8,9,10). The van der Waals surface area contributed by atoms with Gasteiger partial charge in [0.05, 0.1) is 22.0 Å². The van der Waals surface area contributed by atoms with Crippen molar-refractivity contribution < 1.29 is 17.8 Å². The minimum atomic E-state index is -4.02. The number of aryl methyl sites for hydroxylation is 1. The van der Waals surface area contributed by atoms with Crippen LogP contribution in [0.3, 0.4) is 0 Å². The Morgan fingerprint density at radius 1 is 1.11 bits per heavy atom. The van der Waals surface area contributed by atoms with Gasteiger partial charge in [-0.25, -0.2) is 0 Å². The summed E-state index contributed by atoms with van der Waals surface area (Å²) in [6.45, 7) is 3.72. The highest BCUT2D eigenvalue weighted by Gasteiger charge is 2.24. The predicted molar refractivity (Wildman–Crippen MR) is 146 cm³/mol. The number of rotatable bonds is 4. The Kier molecular flexibility index (Phi) is 8.22. The van der Waals surface area contributed by atoms with Crippen LogP contribution in [-0.4, -0.2) is 54.1 Å². The summed E-state index contributed by atoms with van der Waals surface area (Å²) in [6.07, 6.45) is 1.73. The summed E-state index contributed by atoms with van der Waals surface area (Å²) in [5, 5.41) is 20.5. The van der Waals surface area contributed by atoms with Crippen LogP contribution >= 0.6 is 0 Å². The van der Waals surface area contributed by atoms with Gasteiger partial charge in [0.2, 0.25) is 5.91 Å². The Balaban J connectivity index is 0.000000257. The number of carbonyl (C=O) groups excluding carboxylic acids is 1. The molecule has 196 valence electrons. The summed E-state index contributed by atoms with van der Waals surface area (Å²) in [7, 11) is -1.94. The highest BCUT2D eigenvalue weighted by Crippen LogP contribution is 2.30. The lowest BCUT2D eigenvalue weighted by atomic mass is 9.96. The number of hydrogen-bond acceptors (Lipinski definition) is 6. The Morgan fingerprint density at radius 2 is 1.79 bits per heavy atom. The summed E-state index contributed by atoms with van der Waals surface area (Å²) < 4.78 is 29.6. The molecule has 1 fully saturated rings. The fourth-order valence-electron chi connectivity index (χ4n) is 4.31. The van der Waals surface area contributed by atoms with Crippen LogP contribution in [0.4, 0.5) is 5.82 Å². The molecule has 1 aliphatic rings. The van der Waals surface area contributed by atoms with E-state index in [-0.39, 0.29) is 16.7 Å². The number of aromatic amines is 1. The Hall–Kier alpha value is -4.04. The van der Waals surface area contributed by atoms with Crippen LogP contribution < -0.4 is 5.32 Å². The average molecular weight is 532 g/mol. The SMILES string of the molecule is CN1CCC(C(=O)Nc2n[nH]c3ccc(-c4ccccc4C#N)cc23)CC1.Cc1ccc(S(=O)(=O)O)cc1. The Bertz CT molecular complexity index is 1580. The molecule has 10 heteroatoms. The first kappa shape index (κ1) is 27.0. The molecule has 4 aromatic rings. The topological polar surface area (TPSA) is 139 Å². The number of aromatic nitrogens is 2. The molecule has 9 nitrogen and oxygen atoms in total. The second-order valence-electron chi connectivity index (χ2n) is 9.34. The number of H-pyrrole nitrogens is 1. The second kappa shape index (κ2) is 11.6. The number of benzene rings is 3. The van der Waals surface area contributed by atoms with E-state index >= 15 is 0 Å². The van der Waals surface area contributed by atoms with Gasteiger partial charge in [0.15, 0.2) is 5.82 Å². The highest BCUT2D eigenvalue weighted by atomic mass is 32.2. The Morgan fingerprint density at radius 3 is 2.45 bits per heavy atom. The third kappa shape index (κ3) is 6.44. The maximum absolute atomic E-state index is 12.6. The molecule has 1 saturated heterocycles. The molecular weight excluding hydrogens is 502 g/mol. The summed E-state index contributed by atoms with van der Waals surface area (Å²) in [6, 6.07) is 21.6. The first-order chi connectivity index (χ1) is 18.2. The summed E-state index contributed by atoms with van der Waals surface area (Å²) in [5.41, 5.74) is 4.23. The fraction of sp³-hybridized carbons (Fsp3) is 0.250. The molecule has 1 amide bonds. The molecule has 0 aliphatic carbocycles. The van der Waals surface area contributed by atoms with E-state index in [2.05, 4.69) is 33.5 Å². The molecular formula is C28H29N5O4S. The van der Waals surface area contributed by atoms with Gasteiger partial charge in [-0.15, -0.1) is 0 Å². The number of carbonyl (C=O) groups is 1. The quantitative estimate of drug-likeness (QED) is 0.326. The van der Waals surface area contributed by atoms with E-state index in [1.54, 1.807) is 18.2 Å². The minimum absolute atomic E-state index is 0.0236. The lowest BCUT2D eigenvalue weighted by molar-refractivity contribution is -0.121. The molecule has 3 N–H and O–H groups in total. The van der Waals surface area contributed by atoms with Crippen LogP contribution in [0.1, 0.15) is 24.0 Å². The monoisotopic (exact) mass is 531 g/mol. The minimum Gasteiger partial charge on any atom is -0.308 e. The second-order valence-corrected chi connectivity index (χ2v) is 10.8. The zero-order chi connectivity index (χ0) is 27.3. The first-order valence-electron chi connectivity index (χ1n) is 12.2. The van der Waals surface area contributed by atoms with Crippen molar-refractivity contribution in [2.75, 3.05) is 25.5 Å². The first-order valence-corrected chi connectivity index (χ1v) is 13.6. The van der Waals surface area contributed by atoms with Crippen LogP contribution in [0, 0.1) is 24.2 Å². The Labute approximate surface area is 221 Å². The van der Waals surface area contributed by atoms with Crippen LogP contribution in [0.2, 0.25) is 0 Å². The van der Waals surface area contributed by atoms with E-state index in [1.807, 2.05) is 43.3 Å². The van der Waals surface area contributed by atoms with Crippen molar-refractivity contribution in [3.05, 3.63) is 77.9 Å². The van der Waals surface area contributed by atoms with Crippen molar-refractivity contribution in [1.82, 2.24) is 15.1 Å². The lowest BCUT2D eigenvalue weighted by Gasteiger charge is -2.27. The maximum Gasteiger partial charge on any atom is 0.294 e. The van der Waals surface area contributed by atoms with E-state index in [0.717, 1.165) is 53.5 Å². The predicted octanol–water partition coefficient (Wildman–Crippen LogP) is 4.62. The van der Waals surface area contributed by atoms with E-state index in [9.17, 15) is 18.5 Å². The van der Waals surface area contributed by atoms with Gasteiger partial charge >= 0.3 is 0 Å². The number of fused-ring (bicyclic) bond motifs is 1. The molecule has 1 aromatic heterocycles. The van der Waals surface area contributed by atoms with Crippen molar-refractivity contribution in [2.45, 2.75) is 24.7 Å². The van der Waals surface area contributed by atoms with Crippen LogP contribution in [0.5, 0.6) is 0 Å². The van der Waals surface area contributed by atoms with Crippen molar-refractivity contribution in [1.29, 1.82) is 5.26 Å². The van der Waals surface area contributed by atoms with E-state index in [0.29, 0.717) is 11.4 Å². The van der Waals surface area contributed by atoms with Crippen molar-refractivity contribution in [3.8, 4) is 17.2 Å². The average Bonchev–Trinajstić information content (AvgIpc) is 3.31. The van der Waals surface area contributed by atoms with E-state index in [4.69, 9.17) is 4.55 Å². The highest BCUT2D eigenvalue weighted by molar-refractivity contribution is 7.85. The number of hydrogen-bond donors (Lipinski definition) is 3. The van der Waals surface area contributed by atoms with Gasteiger partial charge in [-0.3, -0.25) is 14.4 Å². The van der Waals surface area contributed by atoms with Gasteiger partial charge in [0.25, 0.3) is 10.1 Å². The number of nitriles is 1. The van der Waals surface area contributed by atoms with Crippen molar-refractivity contribution in [3.63, 3.8) is 0 Å². The molecule has 1 aliphatic heterocycles. The largest absolute Gasteiger partial charge is 0.308 e. The summed E-state index contributed by atoms with van der Waals surface area (Å²) in [5.74, 6) is 0.597. The van der Waals surface area contributed by atoms with Crippen molar-refractivity contribution >= 4 is 32.7 Å². The molecule has 0 radical (unpaired) electrons.